The van der Waals surface area contributed by atoms with Crippen LogP contribution >= 0.6 is 30.8 Å². The van der Waals surface area contributed by atoms with Gasteiger partial charge in [0, 0.05) is 3.30 Å². The van der Waals surface area contributed by atoms with E-state index in [1.165, 1.54) is 11.5 Å². The molecular formula is C6H3INP. The Bertz CT molecular complexity index is 253. The van der Waals surface area contributed by atoms with Gasteiger partial charge >= 0.3 is 0 Å². The highest BCUT2D eigenvalue weighted by Crippen LogP contribution is 2.16. The first-order valence-electron chi connectivity index (χ1n) is 2.34. The highest BCUT2D eigenvalue weighted by Gasteiger charge is 1.88. The zero-order chi connectivity index (χ0) is 6.69. The Morgan fingerprint density at radius 2 is 2.44 bits per heavy atom. The molecule has 1 heterocycles. The molecule has 0 fully saturated rings. The van der Waals surface area contributed by atoms with Gasteiger partial charge < -0.3 is 0 Å². The van der Waals surface area contributed by atoms with Crippen molar-refractivity contribution >= 4 is 30.8 Å². The Labute approximate surface area is 68.9 Å². The number of halogens is 1. The van der Waals surface area contributed by atoms with Crippen LogP contribution in [-0.4, -0.2) is 0 Å². The van der Waals surface area contributed by atoms with E-state index in [-0.39, 0.29) is 0 Å². The van der Waals surface area contributed by atoms with Gasteiger partial charge in [-0.25, -0.2) is 0 Å². The lowest BCUT2D eigenvalue weighted by Gasteiger charge is -1.86. The molecular weight excluding hydrogens is 244 g/mol. The molecule has 0 aliphatic heterocycles. The van der Waals surface area contributed by atoms with Gasteiger partial charge in [0.2, 0.25) is 0 Å². The van der Waals surface area contributed by atoms with E-state index in [0.717, 1.165) is 5.56 Å². The van der Waals surface area contributed by atoms with E-state index < -0.39 is 0 Å². The van der Waals surface area contributed by atoms with Crippen LogP contribution in [0.1, 0.15) is 5.56 Å². The zero-order valence-corrected chi connectivity index (χ0v) is 7.56. The van der Waals surface area contributed by atoms with Gasteiger partial charge in [-0.15, -0.1) is 0 Å². The first kappa shape index (κ1) is 6.98. The van der Waals surface area contributed by atoms with Crippen LogP contribution in [-0.2, 0) is 0 Å². The van der Waals surface area contributed by atoms with Crippen LogP contribution in [0.3, 0.4) is 0 Å². The second kappa shape index (κ2) is 3.14. The number of hydrogen-bond acceptors (Lipinski definition) is 1. The SMILES string of the molecule is N#Cc1ccpc(I)c1. The molecule has 0 unspecified atom stereocenters. The van der Waals surface area contributed by atoms with Crippen molar-refractivity contribution < 1.29 is 0 Å². The maximum atomic E-state index is 8.42. The van der Waals surface area contributed by atoms with Crippen LogP contribution in [0.15, 0.2) is 17.9 Å². The molecule has 0 radical (unpaired) electrons. The van der Waals surface area contributed by atoms with E-state index in [1.54, 1.807) is 0 Å². The fourth-order valence-corrected chi connectivity index (χ4v) is 1.88. The molecule has 0 aromatic carbocycles. The predicted molar refractivity (Wildman–Crippen MR) is 46.4 cm³/mol. The Kier molecular flexibility index (Phi) is 2.44. The highest BCUT2D eigenvalue weighted by molar-refractivity contribution is 14.1. The van der Waals surface area contributed by atoms with Gasteiger partial charge in [-0.1, -0.05) is 8.19 Å². The summed E-state index contributed by atoms with van der Waals surface area (Å²) < 4.78 is 1.20. The standard InChI is InChI=1S/C6H3INP/c7-6-3-5(4-8)1-2-9-6/h1-3H. The summed E-state index contributed by atoms with van der Waals surface area (Å²) >= 11 is 2.22. The number of nitrogens with zero attached hydrogens (tertiary/aromatic N) is 1. The minimum Gasteiger partial charge on any atom is -0.192 e. The maximum Gasteiger partial charge on any atom is 0.0992 e. The third-order valence-corrected chi connectivity index (χ3v) is 2.68. The summed E-state index contributed by atoms with van der Waals surface area (Å²) in [6, 6.07) is 5.81. The molecule has 1 aromatic heterocycles. The van der Waals surface area contributed by atoms with E-state index in [4.69, 9.17) is 5.26 Å². The molecule has 9 heavy (non-hydrogen) atoms. The fraction of sp³-hybridized carbons (Fsp3) is 0. The van der Waals surface area contributed by atoms with E-state index in [1.807, 2.05) is 17.9 Å². The topological polar surface area (TPSA) is 23.8 Å². The molecule has 0 atom stereocenters. The summed E-state index contributed by atoms with van der Waals surface area (Å²) in [5, 5.41) is 8.42. The van der Waals surface area contributed by atoms with E-state index in [9.17, 15) is 0 Å². The van der Waals surface area contributed by atoms with Gasteiger partial charge in [-0.3, -0.25) is 0 Å². The molecule has 0 saturated heterocycles. The van der Waals surface area contributed by atoms with Crippen LogP contribution in [0.4, 0.5) is 0 Å². The van der Waals surface area contributed by atoms with Crippen molar-refractivity contribution in [2.75, 3.05) is 0 Å². The van der Waals surface area contributed by atoms with Crippen molar-refractivity contribution in [3.8, 4) is 6.07 Å². The molecule has 44 valence electrons. The molecule has 0 aliphatic rings. The van der Waals surface area contributed by atoms with Crippen LogP contribution in [0.25, 0.3) is 0 Å². The number of rotatable bonds is 0. The van der Waals surface area contributed by atoms with E-state index >= 15 is 0 Å². The first-order valence-corrected chi connectivity index (χ1v) is 4.39. The average Bonchev–Trinajstić information content (AvgIpc) is 1.88. The summed E-state index contributed by atoms with van der Waals surface area (Å²) in [6.07, 6.45) is 0. The number of nitriles is 1. The lowest BCUT2D eigenvalue weighted by molar-refractivity contribution is 1.49. The highest BCUT2D eigenvalue weighted by atomic mass is 127. The van der Waals surface area contributed by atoms with E-state index in [0.29, 0.717) is 0 Å². The van der Waals surface area contributed by atoms with Crippen LogP contribution < -0.4 is 0 Å². The van der Waals surface area contributed by atoms with Gasteiger partial charge in [-0.05, 0) is 40.5 Å². The van der Waals surface area contributed by atoms with Gasteiger partial charge in [0.05, 0.1) is 11.6 Å². The molecule has 1 rings (SSSR count). The minimum absolute atomic E-state index is 0.748. The minimum atomic E-state index is 0.748. The Morgan fingerprint density at radius 3 is 2.89 bits per heavy atom. The van der Waals surface area contributed by atoms with Gasteiger partial charge in [0.1, 0.15) is 0 Å². The lowest BCUT2D eigenvalue weighted by Crippen LogP contribution is -1.68. The molecule has 1 nitrogen and oxygen atoms in total. The normalized spacial score (nSPS) is 9.33. The summed E-state index contributed by atoms with van der Waals surface area (Å²) in [6.45, 7) is 0. The largest absolute Gasteiger partial charge is 0.192 e. The van der Waals surface area contributed by atoms with Crippen LogP contribution in [0.2, 0.25) is 0 Å². The van der Waals surface area contributed by atoms with Crippen molar-refractivity contribution in [1.82, 2.24) is 0 Å². The zero-order valence-electron chi connectivity index (χ0n) is 4.50. The van der Waals surface area contributed by atoms with Gasteiger partial charge in [-0.2, -0.15) is 5.26 Å². The van der Waals surface area contributed by atoms with Crippen molar-refractivity contribution in [3.05, 3.63) is 26.8 Å². The molecule has 0 N–H and O–H groups in total. The second-order valence-electron chi connectivity index (χ2n) is 1.48. The van der Waals surface area contributed by atoms with Crippen LogP contribution in [0.5, 0.6) is 0 Å². The van der Waals surface area contributed by atoms with Crippen LogP contribution in [0, 0.1) is 14.6 Å². The van der Waals surface area contributed by atoms with Gasteiger partial charge in [0.25, 0.3) is 0 Å². The summed E-state index contributed by atoms with van der Waals surface area (Å²) in [5.74, 6) is 1.97. The van der Waals surface area contributed by atoms with Crippen molar-refractivity contribution in [2.45, 2.75) is 0 Å². The molecule has 0 saturated carbocycles. The third kappa shape index (κ3) is 1.92. The molecule has 0 bridgehead atoms. The second-order valence-corrected chi connectivity index (χ2v) is 4.53. The van der Waals surface area contributed by atoms with Crippen molar-refractivity contribution in [2.24, 2.45) is 0 Å². The summed E-state index contributed by atoms with van der Waals surface area (Å²) in [5.41, 5.74) is 0.748. The Balaban J connectivity index is 3.12. The quantitative estimate of drug-likeness (QED) is 0.646. The average molecular weight is 247 g/mol. The molecule has 0 spiro atoms. The van der Waals surface area contributed by atoms with E-state index in [2.05, 4.69) is 28.7 Å². The van der Waals surface area contributed by atoms with Crippen molar-refractivity contribution in [1.29, 1.82) is 5.26 Å². The van der Waals surface area contributed by atoms with Gasteiger partial charge in [0.15, 0.2) is 0 Å². The Morgan fingerprint density at radius 1 is 1.67 bits per heavy atom. The molecule has 0 amide bonds. The third-order valence-electron chi connectivity index (χ3n) is 0.856. The predicted octanol–water partition coefficient (Wildman–Crippen LogP) is 2.74. The van der Waals surface area contributed by atoms with Crippen molar-refractivity contribution in [3.63, 3.8) is 0 Å². The fourth-order valence-electron chi connectivity index (χ4n) is 0.472. The smallest absolute Gasteiger partial charge is 0.0992 e. The molecule has 1 aromatic rings. The number of hydrogen-bond donors (Lipinski definition) is 0. The monoisotopic (exact) mass is 247 g/mol. The Hall–Kier alpha value is -0.130. The molecule has 3 heteroatoms. The maximum absolute atomic E-state index is 8.42. The first-order chi connectivity index (χ1) is 4.33. The lowest BCUT2D eigenvalue weighted by atomic mass is 10.3. The summed E-state index contributed by atoms with van der Waals surface area (Å²) in [7, 11) is 1.20. The summed E-state index contributed by atoms with van der Waals surface area (Å²) in [4.78, 5) is 0. The molecule has 0 aliphatic carbocycles.